The normalized spacial score (nSPS) is 16.5. The van der Waals surface area contributed by atoms with Gasteiger partial charge in [-0.15, -0.1) is 12.4 Å². The fraction of sp³-hybridized carbons (Fsp3) is 0.533. The van der Waals surface area contributed by atoms with Gasteiger partial charge in [-0.3, -0.25) is 4.99 Å². The van der Waals surface area contributed by atoms with Crippen molar-refractivity contribution >= 4 is 29.2 Å². The maximum atomic E-state index is 5.01. The molecule has 0 saturated heterocycles. The van der Waals surface area contributed by atoms with Gasteiger partial charge in [-0.05, 0) is 31.4 Å². The Morgan fingerprint density at radius 1 is 1.11 bits per heavy atom. The minimum Gasteiger partial charge on any atom is -0.271 e. The predicted octanol–water partition coefficient (Wildman–Crippen LogP) is 5.43. The van der Waals surface area contributed by atoms with Crippen LogP contribution >= 0.6 is 24.2 Å². The predicted molar refractivity (Wildman–Crippen MR) is 84.2 cm³/mol. The lowest BCUT2D eigenvalue weighted by Gasteiger charge is -2.35. The summed E-state index contributed by atoms with van der Waals surface area (Å²) < 4.78 is 0. The molecule has 0 radical (unpaired) electrons. The molecule has 0 atom stereocenters. The van der Waals surface area contributed by atoms with Gasteiger partial charge in [0.2, 0.25) is 0 Å². The molecule has 0 amide bonds. The van der Waals surface area contributed by atoms with Crippen molar-refractivity contribution in [2.45, 2.75) is 56.9 Å². The molecule has 0 N–H and O–H groups in total. The summed E-state index contributed by atoms with van der Waals surface area (Å²) >= 11 is 1.82. The van der Waals surface area contributed by atoms with Gasteiger partial charge < -0.3 is 0 Å². The van der Waals surface area contributed by atoms with Gasteiger partial charge in [0.15, 0.2) is 0 Å². The number of benzene rings is 1. The molecular formula is C15H22ClNS. The van der Waals surface area contributed by atoms with Crippen molar-refractivity contribution in [2.24, 2.45) is 4.99 Å². The molecule has 1 aliphatic heterocycles. The number of nitrogens with zero attached hydrogens (tertiary/aromatic N) is 1. The Kier molecular flexibility index (Phi) is 5.74. The van der Waals surface area contributed by atoms with E-state index in [1.165, 1.54) is 28.3 Å². The molecule has 0 spiro atoms. The molecule has 0 aromatic heterocycles. The van der Waals surface area contributed by atoms with E-state index >= 15 is 0 Å². The quantitative estimate of drug-likeness (QED) is 0.718. The molecule has 0 fully saturated rings. The lowest BCUT2D eigenvalue weighted by Crippen LogP contribution is -2.27. The summed E-state index contributed by atoms with van der Waals surface area (Å²) in [7, 11) is 0. The number of halogens is 1. The second-order valence-electron chi connectivity index (χ2n) is 4.76. The van der Waals surface area contributed by atoms with Crippen LogP contribution in [0.3, 0.4) is 0 Å². The smallest absolute Gasteiger partial charge is 0.0876 e. The highest BCUT2D eigenvalue weighted by molar-refractivity contribution is 8.14. The van der Waals surface area contributed by atoms with Crippen LogP contribution in [0, 0.1) is 0 Å². The second kappa shape index (κ2) is 6.63. The Balaban J connectivity index is 0.00000162. The van der Waals surface area contributed by atoms with Crippen LogP contribution in [0.1, 0.15) is 52.0 Å². The van der Waals surface area contributed by atoms with Crippen molar-refractivity contribution < 1.29 is 0 Å². The largest absolute Gasteiger partial charge is 0.271 e. The van der Waals surface area contributed by atoms with Crippen LogP contribution in [0.15, 0.2) is 34.2 Å². The Hall–Kier alpha value is -0.470. The molecule has 1 nitrogen and oxygen atoms in total. The van der Waals surface area contributed by atoms with E-state index in [9.17, 15) is 0 Å². The monoisotopic (exact) mass is 283 g/mol. The van der Waals surface area contributed by atoms with E-state index in [2.05, 4.69) is 45.0 Å². The van der Waals surface area contributed by atoms with Crippen molar-refractivity contribution in [3.63, 3.8) is 0 Å². The third-order valence-corrected chi connectivity index (χ3v) is 4.31. The number of thioether (sulfide) groups is 1. The molecule has 2 rings (SSSR count). The summed E-state index contributed by atoms with van der Waals surface area (Å²) in [5.41, 5.74) is 1.49. The van der Waals surface area contributed by atoms with Crippen molar-refractivity contribution in [1.82, 2.24) is 0 Å². The minimum absolute atomic E-state index is 0. The van der Waals surface area contributed by atoms with Gasteiger partial charge in [-0.1, -0.05) is 56.7 Å². The SMILES string of the molecule is CCCC1(CCC)N=C(C)Sc2ccccc21.Cl. The van der Waals surface area contributed by atoms with E-state index in [-0.39, 0.29) is 17.9 Å². The third-order valence-electron chi connectivity index (χ3n) is 3.34. The first-order valence-electron chi connectivity index (χ1n) is 6.55. The highest BCUT2D eigenvalue weighted by Gasteiger charge is 2.34. The molecule has 0 saturated carbocycles. The van der Waals surface area contributed by atoms with Crippen LogP contribution in [0.2, 0.25) is 0 Å². The number of aliphatic imine (C=N–C) groups is 1. The van der Waals surface area contributed by atoms with Crippen LogP contribution in [0.5, 0.6) is 0 Å². The number of fused-ring (bicyclic) bond motifs is 1. The molecule has 1 aliphatic rings. The maximum Gasteiger partial charge on any atom is 0.0876 e. The fourth-order valence-corrected chi connectivity index (χ4v) is 3.87. The van der Waals surface area contributed by atoms with Gasteiger partial charge in [0.05, 0.1) is 10.6 Å². The summed E-state index contributed by atoms with van der Waals surface area (Å²) in [6.45, 7) is 6.65. The summed E-state index contributed by atoms with van der Waals surface area (Å²) in [6.07, 6.45) is 4.71. The zero-order valence-electron chi connectivity index (χ0n) is 11.4. The van der Waals surface area contributed by atoms with Crippen LogP contribution in [-0.4, -0.2) is 5.04 Å². The van der Waals surface area contributed by atoms with E-state index in [0.29, 0.717) is 0 Å². The van der Waals surface area contributed by atoms with Crippen molar-refractivity contribution in [1.29, 1.82) is 0 Å². The van der Waals surface area contributed by atoms with Gasteiger partial charge in [-0.25, -0.2) is 0 Å². The Morgan fingerprint density at radius 2 is 1.72 bits per heavy atom. The molecule has 18 heavy (non-hydrogen) atoms. The first-order chi connectivity index (χ1) is 8.22. The highest BCUT2D eigenvalue weighted by Crippen LogP contribution is 2.45. The van der Waals surface area contributed by atoms with Crippen molar-refractivity contribution in [3.8, 4) is 0 Å². The second-order valence-corrected chi connectivity index (χ2v) is 6.00. The molecule has 3 heteroatoms. The number of hydrogen-bond donors (Lipinski definition) is 0. The van der Waals surface area contributed by atoms with E-state index in [1.807, 2.05) is 11.8 Å². The molecule has 100 valence electrons. The summed E-state index contributed by atoms with van der Waals surface area (Å²) in [5, 5.41) is 1.21. The van der Waals surface area contributed by atoms with Gasteiger partial charge in [0.25, 0.3) is 0 Å². The molecule has 1 aromatic carbocycles. The Morgan fingerprint density at radius 3 is 2.33 bits per heavy atom. The minimum atomic E-state index is 0. The third kappa shape index (κ3) is 2.92. The molecule has 0 aliphatic carbocycles. The number of rotatable bonds is 4. The van der Waals surface area contributed by atoms with E-state index in [0.717, 1.165) is 12.8 Å². The first kappa shape index (κ1) is 15.6. The number of hydrogen-bond acceptors (Lipinski definition) is 2. The van der Waals surface area contributed by atoms with Crippen molar-refractivity contribution in [2.75, 3.05) is 0 Å². The molecule has 0 unspecified atom stereocenters. The summed E-state index contributed by atoms with van der Waals surface area (Å²) in [6, 6.07) is 8.78. The Bertz CT molecular complexity index is 422. The standard InChI is InChI=1S/C15H21NS.ClH/c1-4-10-15(11-5-2)13-8-6-7-9-14(13)17-12(3)16-15;/h6-9H,4-5,10-11H2,1-3H3;1H. The van der Waals surface area contributed by atoms with Gasteiger partial charge in [0.1, 0.15) is 0 Å². The zero-order valence-corrected chi connectivity index (χ0v) is 13.0. The van der Waals surface area contributed by atoms with Gasteiger partial charge >= 0.3 is 0 Å². The van der Waals surface area contributed by atoms with Crippen LogP contribution in [-0.2, 0) is 5.54 Å². The van der Waals surface area contributed by atoms with Crippen LogP contribution in [0.25, 0.3) is 0 Å². The lowest BCUT2D eigenvalue weighted by atomic mass is 9.82. The van der Waals surface area contributed by atoms with E-state index in [1.54, 1.807) is 0 Å². The molecule has 0 bridgehead atoms. The topological polar surface area (TPSA) is 12.4 Å². The lowest BCUT2D eigenvalue weighted by molar-refractivity contribution is 0.366. The van der Waals surface area contributed by atoms with Crippen LogP contribution < -0.4 is 0 Å². The molecular weight excluding hydrogens is 262 g/mol. The average Bonchev–Trinajstić information content (AvgIpc) is 2.29. The summed E-state index contributed by atoms with van der Waals surface area (Å²) in [5.74, 6) is 0. The average molecular weight is 284 g/mol. The fourth-order valence-electron chi connectivity index (χ4n) is 2.82. The molecule has 1 heterocycles. The first-order valence-corrected chi connectivity index (χ1v) is 7.37. The Labute approximate surface area is 121 Å². The van der Waals surface area contributed by atoms with Crippen molar-refractivity contribution in [3.05, 3.63) is 29.8 Å². The zero-order chi connectivity index (χ0) is 12.3. The summed E-state index contributed by atoms with van der Waals surface area (Å²) in [4.78, 5) is 6.42. The highest BCUT2D eigenvalue weighted by atomic mass is 35.5. The maximum absolute atomic E-state index is 5.01. The van der Waals surface area contributed by atoms with E-state index < -0.39 is 0 Å². The molecule has 1 aromatic rings. The van der Waals surface area contributed by atoms with E-state index in [4.69, 9.17) is 4.99 Å². The van der Waals surface area contributed by atoms with Crippen LogP contribution in [0.4, 0.5) is 0 Å². The van der Waals surface area contributed by atoms with Gasteiger partial charge in [-0.2, -0.15) is 0 Å². The van der Waals surface area contributed by atoms with Gasteiger partial charge in [0, 0.05) is 4.90 Å².